The number of nitrogens with two attached hydrogens (primary N) is 1. The molecule has 1 aliphatic heterocycles. The van der Waals surface area contributed by atoms with Crippen LogP contribution in [0.5, 0.6) is 0 Å². The van der Waals surface area contributed by atoms with Crippen LogP contribution in [-0.2, 0) is 23.0 Å². The molecule has 15 nitrogen and oxygen atoms in total. The topological polar surface area (TPSA) is 240 Å². The third-order valence-corrected chi connectivity index (χ3v) is 13.2. The number of imidazole rings is 1. The lowest BCUT2D eigenvalue weighted by molar-refractivity contribution is -0.0396. The van der Waals surface area contributed by atoms with E-state index < -0.39 is 52.3 Å². The number of hydrogen-bond acceptors (Lipinski definition) is 10. The van der Waals surface area contributed by atoms with Crippen LogP contribution in [0.15, 0.2) is 9.53 Å². The molecule has 1 saturated heterocycles. The van der Waals surface area contributed by atoms with Gasteiger partial charge in [0.1, 0.15) is 12.3 Å². The number of ether oxygens (including phenoxy) is 1. The van der Waals surface area contributed by atoms with E-state index in [1.807, 2.05) is 0 Å². The maximum Gasteiger partial charge on any atom is 0.600 e. The number of aromatic nitrogens is 4. The predicted octanol–water partition coefficient (Wildman–Crippen LogP) is 0.150. The quantitative estimate of drug-likeness (QED) is 0.213. The molecule has 0 bridgehead atoms. The minimum absolute atomic E-state index is 0.0434. The van der Waals surface area contributed by atoms with E-state index in [2.05, 4.69) is 35.4 Å². The molecule has 7 N–H and O–H groups in total. The summed E-state index contributed by atoms with van der Waals surface area (Å²) in [7, 11) is -9.28. The number of halogens is 1. The first-order valence-electron chi connectivity index (χ1n) is 7.59. The number of nitrogen functional groups attached to an aromatic ring is 1. The first kappa shape index (κ1) is 22.6. The predicted molar refractivity (Wildman–Crippen MR) is 100 cm³/mol. The molecule has 160 valence electrons. The van der Waals surface area contributed by atoms with Crippen molar-refractivity contribution in [1.29, 1.82) is 0 Å². The first-order valence-corrected chi connectivity index (χ1v) is 14.2. The molecule has 2 aromatic heterocycles. The summed E-state index contributed by atoms with van der Waals surface area (Å²) < 4.78 is 45.6. The number of aromatic amines is 1. The molecule has 0 spiro atoms. The second-order valence-electron chi connectivity index (χ2n) is 5.86. The molecule has 3 unspecified atom stereocenters. The molecular formula is C10H14BrN5O10P3+. The Morgan fingerprint density at radius 2 is 2.07 bits per heavy atom. The summed E-state index contributed by atoms with van der Waals surface area (Å²) in [4.78, 5) is 49.7. The largest absolute Gasteiger partial charge is 0.600 e. The van der Waals surface area contributed by atoms with Gasteiger partial charge in [0.2, 0.25) is 5.95 Å². The first-order chi connectivity index (χ1) is 13.3. The minimum Gasteiger partial charge on any atom is -0.390 e. The van der Waals surface area contributed by atoms with E-state index in [9.17, 15) is 33.4 Å². The van der Waals surface area contributed by atoms with Crippen LogP contribution < -0.4 is 11.3 Å². The Morgan fingerprint density at radius 3 is 2.69 bits per heavy atom. The summed E-state index contributed by atoms with van der Waals surface area (Å²) in [6, 6.07) is 0. The Balaban J connectivity index is 1.82. The SMILES string of the molecule is Nc1nc2c(nc(Br)n2[C@H]2C[C@H](O)[C@@H](COP(=O)(O)P(=O)(O)[P+](=O)O)O2)c(=O)[nH]1. The Bertz CT molecular complexity index is 1140. The summed E-state index contributed by atoms with van der Waals surface area (Å²) in [6.45, 7) is -6.26. The molecular weight excluding hydrogens is 523 g/mol. The average Bonchev–Trinajstić information content (AvgIpc) is 3.12. The molecule has 1 aliphatic rings. The second-order valence-corrected chi connectivity index (χ2v) is 16.1. The van der Waals surface area contributed by atoms with E-state index in [1.165, 1.54) is 4.57 Å². The van der Waals surface area contributed by atoms with Crippen molar-refractivity contribution in [2.24, 2.45) is 0 Å². The van der Waals surface area contributed by atoms with Gasteiger partial charge in [0.15, 0.2) is 15.9 Å². The third kappa shape index (κ3) is 4.10. The van der Waals surface area contributed by atoms with Gasteiger partial charge < -0.3 is 20.5 Å². The fourth-order valence-corrected chi connectivity index (χ4v) is 7.29. The highest BCUT2D eigenvalue weighted by atomic mass is 79.9. The van der Waals surface area contributed by atoms with Crippen LogP contribution in [0.25, 0.3) is 11.2 Å². The third-order valence-electron chi connectivity index (χ3n) is 3.98. The van der Waals surface area contributed by atoms with Crippen molar-refractivity contribution in [3.63, 3.8) is 0 Å². The van der Waals surface area contributed by atoms with Crippen molar-refractivity contribution in [1.82, 2.24) is 19.5 Å². The number of nitrogens with zero attached hydrogens (tertiary/aromatic N) is 3. The van der Waals surface area contributed by atoms with Crippen LogP contribution in [0.3, 0.4) is 0 Å². The molecule has 29 heavy (non-hydrogen) atoms. The van der Waals surface area contributed by atoms with Gasteiger partial charge in [-0.3, -0.25) is 23.8 Å². The van der Waals surface area contributed by atoms with Gasteiger partial charge in [0.05, 0.1) is 12.7 Å². The van der Waals surface area contributed by atoms with E-state index in [4.69, 9.17) is 15.4 Å². The molecule has 1 fully saturated rings. The second kappa shape index (κ2) is 7.89. The van der Waals surface area contributed by atoms with Crippen molar-refractivity contribution in [3.05, 3.63) is 15.1 Å². The molecule has 3 rings (SSSR count). The van der Waals surface area contributed by atoms with Gasteiger partial charge in [-0.2, -0.15) is 9.88 Å². The lowest BCUT2D eigenvalue weighted by Crippen LogP contribution is -2.26. The van der Waals surface area contributed by atoms with Gasteiger partial charge in [0.25, 0.3) is 5.56 Å². The molecule has 0 saturated carbocycles. The van der Waals surface area contributed by atoms with Crippen molar-refractivity contribution >= 4 is 54.8 Å². The number of aliphatic hydroxyl groups excluding tert-OH is 1. The molecule has 0 radical (unpaired) electrons. The van der Waals surface area contributed by atoms with Crippen LogP contribution in [0.4, 0.5) is 5.95 Å². The maximum atomic E-state index is 11.9. The zero-order valence-electron chi connectivity index (χ0n) is 14.0. The van der Waals surface area contributed by atoms with Crippen molar-refractivity contribution in [3.8, 4) is 0 Å². The Labute approximate surface area is 169 Å². The van der Waals surface area contributed by atoms with E-state index in [0.29, 0.717) is 0 Å². The van der Waals surface area contributed by atoms with Crippen LogP contribution in [0.2, 0.25) is 0 Å². The highest BCUT2D eigenvalue weighted by Gasteiger charge is 2.61. The highest BCUT2D eigenvalue weighted by molar-refractivity contribution is 9.10. The van der Waals surface area contributed by atoms with Crippen molar-refractivity contribution in [2.45, 2.75) is 24.9 Å². The van der Waals surface area contributed by atoms with Crippen LogP contribution >= 0.6 is 37.7 Å². The zero-order chi connectivity index (χ0) is 21.7. The molecule has 0 aromatic carbocycles. The molecule has 0 amide bonds. The van der Waals surface area contributed by atoms with E-state index in [-0.39, 0.29) is 28.3 Å². The molecule has 3 heterocycles. The molecule has 0 aliphatic carbocycles. The lowest BCUT2D eigenvalue weighted by Gasteiger charge is -2.17. The number of aliphatic hydroxyl groups is 1. The number of rotatable bonds is 6. The minimum atomic E-state index is -5.43. The number of nitrogens with one attached hydrogen (secondary N) is 1. The van der Waals surface area contributed by atoms with Gasteiger partial charge in [0, 0.05) is 6.42 Å². The van der Waals surface area contributed by atoms with E-state index in [0.717, 1.165) is 0 Å². The van der Waals surface area contributed by atoms with Crippen LogP contribution in [0.1, 0.15) is 12.6 Å². The summed E-state index contributed by atoms with van der Waals surface area (Å²) in [6.07, 6.45) is -3.56. The molecule has 19 heteroatoms. The summed E-state index contributed by atoms with van der Waals surface area (Å²) in [5.41, 5.74) is 4.91. The number of hydrogen-bond donors (Lipinski definition) is 6. The molecule has 6 atom stereocenters. The number of fused-ring (bicyclic) bond motifs is 1. The lowest BCUT2D eigenvalue weighted by atomic mass is 10.2. The maximum absolute atomic E-state index is 11.9. The van der Waals surface area contributed by atoms with Crippen LogP contribution in [-0.4, -0.2) is 58.1 Å². The van der Waals surface area contributed by atoms with Gasteiger partial charge in [-0.1, -0.05) is 0 Å². The zero-order valence-corrected chi connectivity index (χ0v) is 18.3. The Morgan fingerprint density at radius 1 is 1.41 bits per heavy atom. The van der Waals surface area contributed by atoms with E-state index >= 15 is 0 Å². The number of H-pyrrole nitrogens is 1. The standard InChI is InChI=1S/C10H13BrN5O10P3/c11-9-13-6-7(14-10(12)15-8(6)18)16(9)5-1-3(17)4(26-5)2-25-28(21,22)29(23,24)27(19)20/h3-5,17H,1-2H2,(H5-,12,14,15,18,19,20,21,22,23,24)/p+1/t3-,4+,5+/m0/s1. The van der Waals surface area contributed by atoms with Gasteiger partial charge >= 0.3 is 21.7 Å². The Hall–Kier alpha value is -1.05. The van der Waals surface area contributed by atoms with Gasteiger partial charge in [-0.15, -0.1) is 0 Å². The highest BCUT2D eigenvalue weighted by Crippen LogP contribution is 2.88. The fraction of sp³-hybridized carbons (Fsp3) is 0.500. The van der Waals surface area contributed by atoms with Gasteiger partial charge in [-0.05, 0) is 20.5 Å². The average molecular weight is 537 g/mol. The summed E-state index contributed by atoms with van der Waals surface area (Å²) in [5.74, 6) is -0.187. The monoisotopic (exact) mass is 536 g/mol. The fourth-order valence-electron chi connectivity index (χ4n) is 2.59. The van der Waals surface area contributed by atoms with E-state index in [1.54, 1.807) is 0 Å². The number of anilines is 1. The van der Waals surface area contributed by atoms with Crippen molar-refractivity contribution in [2.75, 3.05) is 12.3 Å². The van der Waals surface area contributed by atoms with Crippen molar-refractivity contribution < 1.29 is 42.7 Å². The summed E-state index contributed by atoms with van der Waals surface area (Å²) in [5, 5.41) is 10.2. The molecule has 2 aromatic rings. The smallest absolute Gasteiger partial charge is 0.390 e. The van der Waals surface area contributed by atoms with Gasteiger partial charge in [-0.25, -0.2) is 14.1 Å². The Kier molecular flexibility index (Phi) is 6.16. The summed E-state index contributed by atoms with van der Waals surface area (Å²) >= 11 is 3.14. The normalized spacial score (nSPS) is 26.9. The van der Waals surface area contributed by atoms with Crippen LogP contribution in [0, 0.1) is 0 Å².